The Kier molecular flexibility index (Phi) is 4.09. The number of unbranched alkanes of at least 4 members (excludes halogenated alkanes) is 1. The van der Waals surface area contributed by atoms with Crippen LogP contribution in [0.15, 0.2) is 0 Å². The standard InChI is InChI=1S/C13H25O2Si/c1-9-8-11(6-4-5-7-16(3)14)10(2)13-12(9)15-13/h9-14H,4-8H2,1-3H3. The van der Waals surface area contributed by atoms with Crippen molar-refractivity contribution in [2.45, 2.75) is 64.3 Å². The van der Waals surface area contributed by atoms with Gasteiger partial charge in [-0.1, -0.05) is 33.1 Å². The Morgan fingerprint density at radius 3 is 2.69 bits per heavy atom. The maximum atomic E-state index is 9.31. The van der Waals surface area contributed by atoms with Gasteiger partial charge in [0.2, 0.25) is 9.04 Å². The van der Waals surface area contributed by atoms with E-state index in [-0.39, 0.29) is 0 Å². The van der Waals surface area contributed by atoms with Crippen molar-refractivity contribution in [3.63, 3.8) is 0 Å². The topological polar surface area (TPSA) is 32.8 Å². The molecule has 0 spiro atoms. The minimum absolute atomic E-state index is 0.581. The van der Waals surface area contributed by atoms with Crippen molar-refractivity contribution in [1.82, 2.24) is 0 Å². The number of rotatable bonds is 5. The van der Waals surface area contributed by atoms with Crippen LogP contribution in [-0.4, -0.2) is 26.0 Å². The van der Waals surface area contributed by atoms with E-state index in [1.807, 2.05) is 6.55 Å². The Balaban J connectivity index is 1.68. The van der Waals surface area contributed by atoms with Gasteiger partial charge in [0.25, 0.3) is 0 Å². The Hall–Kier alpha value is 0.137. The molecule has 0 aromatic carbocycles. The summed E-state index contributed by atoms with van der Waals surface area (Å²) in [7, 11) is -0.988. The molecule has 1 saturated carbocycles. The summed E-state index contributed by atoms with van der Waals surface area (Å²) < 4.78 is 5.74. The van der Waals surface area contributed by atoms with Crippen molar-refractivity contribution in [3.8, 4) is 0 Å². The molecule has 0 bridgehead atoms. The Morgan fingerprint density at radius 2 is 2.00 bits per heavy atom. The van der Waals surface area contributed by atoms with Gasteiger partial charge in [0.1, 0.15) is 0 Å². The zero-order chi connectivity index (χ0) is 11.7. The lowest BCUT2D eigenvalue weighted by atomic mass is 9.73. The lowest BCUT2D eigenvalue weighted by molar-refractivity contribution is 0.221. The quantitative estimate of drug-likeness (QED) is 0.456. The highest BCUT2D eigenvalue weighted by molar-refractivity contribution is 6.48. The van der Waals surface area contributed by atoms with E-state index in [9.17, 15) is 4.80 Å². The zero-order valence-corrected chi connectivity index (χ0v) is 11.8. The monoisotopic (exact) mass is 241 g/mol. The predicted molar refractivity (Wildman–Crippen MR) is 67.6 cm³/mol. The van der Waals surface area contributed by atoms with Gasteiger partial charge in [-0.2, -0.15) is 0 Å². The minimum atomic E-state index is -0.988. The van der Waals surface area contributed by atoms with Crippen LogP contribution < -0.4 is 0 Å². The highest BCUT2D eigenvalue weighted by Crippen LogP contribution is 2.48. The molecule has 1 heterocycles. The maximum Gasteiger partial charge on any atom is 0.203 e. The van der Waals surface area contributed by atoms with Gasteiger partial charge in [0.15, 0.2) is 0 Å². The molecule has 2 aliphatic rings. The molecule has 0 aromatic rings. The fraction of sp³-hybridized carbons (Fsp3) is 1.00. The van der Waals surface area contributed by atoms with E-state index in [0.717, 1.165) is 23.8 Å². The largest absolute Gasteiger partial charge is 0.432 e. The van der Waals surface area contributed by atoms with E-state index in [1.165, 1.54) is 25.7 Å². The Labute approximate surface area is 101 Å². The fourth-order valence-electron chi connectivity index (χ4n) is 3.28. The van der Waals surface area contributed by atoms with Crippen molar-refractivity contribution in [2.75, 3.05) is 0 Å². The molecule has 93 valence electrons. The summed E-state index contributed by atoms with van der Waals surface area (Å²) >= 11 is 0. The molecule has 0 amide bonds. The molecule has 5 unspecified atom stereocenters. The van der Waals surface area contributed by atoms with Crippen LogP contribution in [0.3, 0.4) is 0 Å². The molecule has 0 aromatic heterocycles. The molecule has 5 atom stereocenters. The summed E-state index contributed by atoms with van der Waals surface area (Å²) in [5.41, 5.74) is 0. The molecule has 1 radical (unpaired) electrons. The summed E-state index contributed by atoms with van der Waals surface area (Å²) in [5, 5.41) is 0. The number of ether oxygens (including phenoxy) is 1. The number of epoxide rings is 1. The van der Waals surface area contributed by atoms with Crippen LogP contribution in [-0.2, 0) is 4.74 Å². The highest BCUT2D eigenvalue weighted by Gasteiger charge is 2.52. The third-order valence-electron chi connectivity index (χ3n) is 4.42. The minimum Gasteiger partial charge on any atom is -0.432 e. The third kappa shape index (κ3) is 2.87. The van der Waals surface area contributed by atoms with Gasteiger partial charge >= 0.3 is 0 Å². The normalized spacial score (nSPS) is 42.2. The zero-order valence-electron chi connectivity index (χ0n) is 10.8. The van der Waals surface area contributed by atoms with Gasteiger partial charge in [0.05, 0.1) is 12.2 Å². The van der Waals surface area contributed by atoms with Crippen LogP contribution in [0.2, 0.25) is 12.6 Å². The smallest absolute Gasteiger partial charge is 0.203 e. The van der Waals surface area contributed by atoms with Crippen LogP contribution in [0.1, 0.15) is 39.5 Å². The molecule has 16 heavy (non-hydrogen) atoms. The van der Waals surface area contributed by atoms with E-state index < -0.39 is 9.04 Å². The van der Waals surface area contributed by atoms with Gasteiger partial charge in [-0.3, -0.25) is 0 Å². The second-order valence-corrected chi connectivity index (χ2v) is 7.85. The average Bonchev–Trinajstić information content (AvgIpc) is 2.99. The van der Waals surface area contributed by atoms with Gasteiger partial charge in [0, 0.05) is 0 Å². The van der Waals surface area contributed by atoms with Crippen molar-refractivity contribution in [3.05, 3.63) is 0 Å². The summed E-state index contributed by atoms with van der Waals surface area (Å²) in [5.74, 6) is 2.40. The van der Waals surface area contributed by atoms with Crippen LogP contribution in [0.25, 0.3) is 0 Å². The summed E-state index contributed by atoms with van der Waals surface area (Å²) in [4.78, 5) is 9.31. The fourth-order valence-corrected chi connectivity index (χ4v) is 4.04. The first-order valence-electron chi connectivity index (χ1n) is 6.76. The lowest BCUT2D eigenvalue weighted by Gasteiger charge is -2.29. The lowest BCUT2D eigenvalue weighted by Crippen LogP contribution is -2.29. The molecule has 2 fully saturated rings. The second kappa shape index (κ2) is 5.19. The first-order chi connectivity index (χ1) is 7.59. The van der Waals surface area contributed by atoms with Crippen LogP contribution in [0, 0.1) is 17.8 Å². The van der Waals surface area contributed by atoms with E-state index in [4.69, 9.17) is 4.74 Å². The first kappa shape index (κ1) is 12.6. The summed E-state index contributed by atoms with van der Waals surface area (Å²) in [6.07, 6.45) is 6.38. The van der Waals surface area contributed by atoms with Crippen molar-refractivity contribution in [2.24, 2.45) is 17.8 Å². The molecule has 1 aliphatic heterocycles. The molecular weight excluding hydrogens is 216 g/mol. The average molecular weight is 241 g/mol. The van der Waals surface area contributed by atoms with Gasteiger partial charge in [-0.05, 0) is 36.8 Å². The first-order valence-corrected chi connectivity index (χ1v) is 8.92. The van der Waals surface area contributed by atoms with E-state index >= 15 is 0 Å². The summed E-state index contributed by atoms with van der Waals surface area (Å²) in [6.45, 7) is 6.69. The maximum absolute atomic E-state index is 9.31. The van der Waals surface area contributed by atoms with Crippen LogP contribution >= 0.6 is 0 Å². The van der Waals surface area contributed by atoms with Crippen molar-refractivity contribution < 1.29 is 9.53 Å². The highest BCUT2D eigenvalue weighted by atomic mass is 28.3. The number of fused-ring (bicyclic) bond motifs is 1. The van der Waals surface area contributed by atoms with E-state index in [1.54, 1.807) is 0 Å². The van der Waals surface area contributed by atoms with E-state index in [2.05, 4.69) is 13.8 Å². The predicted octanol–water partition coefficient (Wildman–Crippen LogP) is 2.83. The van der Waals surface area contributed by atoms with Crippen LogP contribution in [0.5, 0.6) is 0 Å². The second-order valence-electron chi connectivity index (χ2n) is 5.88. The van der Waals surface area contributed by atoms with Gasteiger partial charge in [-0.25, -0.2) is 0 Å². The number of hydrogen-bond acceptors (Lipinski definition) is 2. The molecule has 1 saturated heterocycles. The molecular formula is C13H25O2Si. The molecule has 2 nitrogen and oxygen atoms in total. The number of hydrogen-bond donors (Lipinski definition) is 1. The van der Waals surface area contributed by atoms with Crippen molar-refractivity contribution >= 4 is 9.04 Å². The molecule has 1 N–H and O–H groups in total. The molecule has 3 heteroatoms. The van der Waals surface area contributed by atoms with Crippen LogP contribution in [0.4, 0.5) is 0 Å². The Morgan fingerprint density at radius 1 is 1.25 bits per heavy atom. The SMILES string of the molecule is CC1CC(CCCC[Si](C)O)C(C)C2OC12. The summed E-state index contributed by atoms with van der Waals surface area (Å²) in [6, 6.07) is 1.06. The third-order valence-corrected chi connectivity index (χ3v) is 5.50. The van der Waals surface area contributed by atoms with Gasteiger partial charge in [-0.15, -0.1) is 0 Å². The van der Waals surface area contributed by atoms with Crippen molar-refractivity contribution in [1.29, 1.82) is 0 Å². The molecule has 1 aliphatic carbocycles. The van der Waals surface area contributed by atoms with Gasteiger partial charge < -0.3 is 9.53 Å². The van der Waals surface area contributed by atoms with E-state index in [0.29, 0.717) is 12.2 Å². The molecule has 2 rings (SSSR count). The Bertz CT molecular complexity index is 232.